The Morgan fingerprint density at radius 1 is 0.850 bits per heavy atom. The molecule has 0 aliphatic carbocycles. The van der Waals surface area contributed by atoms with Crippen molar-refractivity contribution in [3.8, 4) is 0 Å². The molecule has 2 aromatic rings. The highest BCUT2D eigenvalue weighted by Gasteiger charge is 2.20. The van der Waals surface area contributed by atoms with Gasteiger partial charge in [-0.1, -0.05) is 60.7 Å². The molecule has 2 rings (SSSR count). The monoisotopic (exact) mass is 289 g/mol. The van der Waals surface area contributed by atoms with Gasteiger partial charge in [-0.15, -0.1) is 0 Å². The molecule has 0 bridgehead atoms. The van der Waals surface area contributed by atoms with E-state index in [2.05, 4.69) is 0 Å². The molecule has 0 radical (unpaired) electrons. The fourth-order valence-electron chi connectivity index (χ4n) is 1.83. The molecule has 0 N–H and O–H groups in total. The summed E-state index contributed by atoms with van der Waals surface area (Å²) in [5.74, 6) is -0.181. The molecule has 0 heterocycles. The van der Waals surface area contributed by atoms with Crippen LogP contribution in [0.5, 0.6) is 0 Å². The van der Waals surface area contributed by atoms with Crippen LogP contribution in [-0.4, -0.2) is 19.1 Å². The number of carbonyl (C=O) groups is 1. The van der Waals surface area contributed by atoms with Gasteiger partial charge in [0.15, 0.2) is 0 Å². The third-order valence-corrected chi connectivity index (χ3v) is 4.48. The Hall–Kier alpha value is -2.14. The minimum Gasteiger partial charge on any atom is -0.278 e. The summed E-state index contributed by atoms with van der Waals surface area (Å²) < 4.78 is 25.3. The van der Waals surface area contributed by atoms with Crippen molar-refractivity contribution in [2.24, 2.45) is 0 Å². The minimum absolute atomic E-state index is 0.0551. The van der Waals surface area contributed by atoms with E-state index in [1.165, 1.54) is 0 Å². The first-order valence-corrected chi connectivity index (χ1v) is 7.75. The van der Waals surface area contributed by atoms with Crippen LogP contribution in [0, 0.1) is 0 Å². The molecule has 104 valence electrons. The van der Waals surface area contributed by atoms with E-state index in [4.69, 9.17) is 0 Å². The van der Waals surface area contributed by atoms with Crippen molar-refractivity contribution in [1.82, 2.24) is 4.31 Å². The van der Waals surface area contributed by atoms with Crippen molar-refractivity contribution in [3.05, 3.63) is 71.8 Å². The van der Waals surface area contributed by atoms with Gasteiger partial charge >= 0.3 is 0 Å². The van der Waals surface area contributed by atoms with Crippen LogP contribution in [0.4, 0.5) is 0 Å². The van der Waals surface area contributed by atoms with E-state index < -0.39 is 10.0 Å². The minimum atomic E-state index is -3.66. The number of sulfonamides is 1. The third-order valence-electron chi connectivity index (χ3n) is 2.85. The van der Waals surface area contributed by atoms with Gasteiger partial charge in [0.25, 0.3) is 0 Å². The maximum Gasteiger partial charge on any atom is 0.241 e. The van der Waals surface area contributed by atoms with Crippen molar-refractivity contribution in [3.63, 3.8) is 0 Å². The molecule has 0 fully saturated rings. The molecule has 0 unspecified atom stereocenters. The Bertz CT molecular complexity index is 654. The Labute approximate surface area is 118 Å². The molecule has 4 nitrogen and oxygen atoms in total. The molecule has 0 aliphatic heterocycles. The topological polar surface area (TPSA) is 54.5 Å². The molecule has 2 aromatic carbocycles. The summed E-state index contributed by atoms with van der Waals surface area (Å²) in [6, 6.07) is 17.8. The van der Waals surface area contributed by atoms with E-state index in [-0.39, 0.29) is 12.3 Å². The number of nitrogens with zero attached hydrogens (tertiary/aromatic N) is 1. The molecule has 0 aromatic heterocycles. The maximum atomic E-state index is 12.2. The molecule has 0 spiro atoms. The number of hydrogen-bond donors (Lipinski definition) is 0. The van der Waals surface area contributed by atoms with Crippen LogP contribution < -0.4 is 0 Å². The zero-order valence-electron chi connectivity index (χ0n) is 10.8. The summed E-state index contributed by atoms with van der Waals surface area (Å²) in [5, 5.41) is 0. The van der Waals surface area contributed by atoms with Gasteiger partial charge in [0, 0.05) is 0 Å². The van der Waals surface area contributed by atoms with Crippen LogP contribution in [0.1, 0.15) is 11.1 Å². The average Bonchev–Trinajstić information content (AvgIpc) is 2.46. The normalized spacial score (nSPS) is 11.0. The molecule has 20 heavy (non-hydrogen) atoms. The summed E-state index contributed by atoms with van der Waals surface area (Å²) >= 11 is 0. The van der Waals surface area contributed by atoms with E-state index in [0.717, 1.165) is 9.87 Å². The molecule has 0 saturated heterocycles. The van der Waals surface area contributed by atoms with Crippen LogP contribution in [-0.2, 0) is 27.1 Å². The smallest absolute Gasteiger partial charge is 0.241 e. The fourth-order valence-corrected chi connectivity index (χ4v) is 3.09. The zero-order valence-corrected chi connectivity index (χ0v) is 11.7. The molecule has 0 aliphatic rings. The van der Waals surface area contributed by atoms with Crippen LogP contribution >= 0.6 is 0 Å². The summed E-state index contributed by atoms with van der Waals surface area (Å²) in [6.45, 7) is 0.0551. The van der Waals surface area contributed by atoms with Gasteiger partial charge in [-0.3, -0.25) is 4.79 Å². The Morgan fingerprint density at radius 3 is 1.85 bits per heavy atom. The highest BCUT2D eigenvalue weighted by atomic mass is 32.2. The summed E-state index contributed by atoms with van der Waals surface area (Å²) in [6.07, 6.45) is 0.366. The van der Waals surface area contributed by atoms with Gasteiger partial charge in [-0.2, -0.15) is 0 Å². The van der Waals surface area contributed by atoms with Crippen molar-refractivity contribution in [1.29, 1.82) is 0 Å². The van der Waals surface area contributed by atoms with Crippen molar-refractivity contribution in [2.75, 3.05) is 0 Å². The van der Waals surface area contributed by atoms with E-state index in [1.807, 2.05) is 24.3 Å². The average molecular weight is 289 g/mol. The first-order valence-electron chi connectivity index (χ1n) is 6.14. The molecule has 1 amide bonds. The second-order valence-corrected chi connectivity index (χ2v) is 6.30. The standard InChI is InChI=1S/C15H15NO3S/c17-13-16(11-14-7-3-1-4-8-14)20(18,19)12-15-9-5-2-6-10-15/h1-10,13H,11-12H2. The highest BCUT2D eigenvalue weighted by molar-refractivity contribution is 7.88. The summed E-state index contributed by atoms with van der Waals surface area (Å²) in [5.41, 5.74) is 1.43. The van der Waals surface area contributed by atoms with E-state index in [1.54, 1.807) is 36.4 Å². The van der Waals surface area contributed by atoms with Crippen LogP contribution in [0.25, 0.3) is 0 Å². The second kappa shape index (κ2) is 6.34. The molecule has 0 atom stereocenters. The van der Waals surface area contributed by atoms with Gasteiger partial charge in [0.1, 0.15) is 0 Å². The molecular weight excluding hydrogens is 274 g/mol. The third kappa shape index (κ3) is 3.68. The van der Waals surface area contributed by atoms with Gasteiger partial charge in [-0.05, 0) is 11.1 Å². The molecule has 5 heteroatoms. The first-order chi connectivity index (χ1) is 9.62. The van der Waals surface area contributed by atoms with E-state index in [0.29, 0.717) is 12.0 Å². The van der Waals surface area contributed by atoms with Crippen LogP contribution in [0.2, 0.25) is 0 Å². The number of hydrogen-bond acceptors (Lipinski definition) is 3. The van der Waals surface area contributed by atoms with E-state index in [9.17, 15) is 13.2 Å². The van der Waals surface area contributed by atoms with Gasteiger partial charge in [0.2, 0.25) is 16.4 Å². The molecule has 0 saturated carbocycles. The lowest BCUT2D eigenvalue weighted by Crippen LogP contribution is -2.30. The van der Waals surface area contributed by atoms with Gasteiger partial charge in [0.05, 0.1) is 12.3 Å². The lowest BCUT2D eigenvalue weighted by Gasteiger charge is -2.17. The van der Waals surface area contributed by atoms with Gasteiger partial charge < -0.3 is 0 Å². The van der Waals surface area contributed by atoms with Crippen molar-refractivity contribution < 1.29 is 13.2 Å². The predicted molar refractivity (Wildman–Crippen MR) is 77.1 cm³/mol. The maximum absolute atomic E-state index is 12.2. The Morgan fingerprint density at radius 2 is 1.35 bits per heavy atom. The second-order valence-electron chi connectivity index (χ2n) is 4.38. The van der Waals surface area contributed by atoms with Crippen molar-refractivity contribution in [2.45, 2.75) is 12.3 Å². The molecular formula is C15H15NO3S. The Kier molecular flexibility index (Phi) is 4.53. The quantitative estimate of drug-likeness (QED) is 0.766. The van der Waals surface area contributed by atoms with Gasteiger partial charge in [-0.25, -0.2) is 12.7 Å². The summed E-state index contributed by atoms with van der Waals surface area (Å²) in [7, 11) is -3.66. The fraction of sp³-hybridized carbons (Fsp3) is 0.133. The number of carbonyl (C=O) groups excluding carboxylic acids is 1. The zero-order chi connectivity index (χ0) is 14.4. The largest absolute Gasteiger partial charge is 0.278 e. The SMILES string of the molecule is O=CN(Cc1ccccc1)S(=O)(=O)Cc1ccccc1. The highest BCUT2D eigenvalue weighted by Crippen LogP contribution is 2.12. The number of benzene rings is 2. The van der Waals surface area contributed by atoms with E-state index >= 15 is 0 Å². The first kappa shape index (κ1) is 14.3. The Balaban J connectivity index is 2.16. The van der Waals surface area contributed by atoms with Crippen LogP contribution in [0.3, 0.4) is 0 Å². The lowest BCUT2D eigenvalue weighted by atomic mass is 10.2. The summed E-state index contributed by atoms with van der Waals surface area (Å²) in [4.78, 5) is 11.1. The number of amides is 1. The number of rotatable bonds is 6. The van der Waals surface area contributed by atoms with Crippen LogP contribution in [0.15, 0.2) is 60.7 Å². The lowest BCUT2D eigenvalue weighted by molar-refractivity contribution is -0.114. The van der Waals surface area contributed by atoms with Crippen molar-refractivity contribution >= 4 is 16.4 Å². The predicted octanol–water partition coefficient (Wildman–Crippen LogP) is 2.17.